The summed E-state index contributed by atoms with van der Waals surface area (Å²) in [6, 6.07) is 11.5. The monoisotopic (exact) mass is 434 g/mol. The minimum Gasteiger partial charge on any atom is -0.497 e. The van der Waals surface area contributed by atoms with Crippen LogP contribution in [-0.2, 0) is 19.4 Å². The van der Waals surface area contributed by atoms with Crippen molar-refractivity contribution >= 4 is 44.8 Å². The Labute approximate surface area is 174 Å². The van der Waals surface area contributed by atoms with Crippen LogP contribution in [0, 0.1) is 5.92 Å². The number of rotatable bonds is 6. The van der Waals surface area contributed by atoms with E-state index in [1.165, 1.54) is 31.0 Å². The predicted molar refractivity (Wildman–Crippen MR) is 113 cm³/mol. The predicted octanol–water partition coefficient (Wildman–Crippen LogP) is 3.18. The van der Waals surface area contributed by atoms with E-state index in [-0.39, 0.29) is 28.9 Å². The second kappa shape index (κ2) is 8.87. The number of methoxy groups -OCH3 is 1. The van der Waals surface area contributed by atoms with E-state index in [1.807, 2.05) is 6.92 Å². The number of hydrogen-bond donors (Lipinski definition) is 2. The van der Waals surface area contributed by atoms with Crippen molar-refractivity contribution in [3.05, 3.63) is 42.5 Å². The van der Waals surface area contributed by atoms with Gasteiger partial charge in [-0.1, -0.05) is 13.0 Å². The van der Waals surface area contributed by atoms with E-state index in [0.29, 0.717) is 22.9 Å². The summed E-state index contributed by atoms with van der Waals surface area (Å²) in [6.45, 7) is 1.83. The van der Waals surface area contributed by atoms with E-state index in [2.05, 4.69) is 10.6 Å². The highest BCUT2D eigenvalue weighted by atomic mass is 32.2. The van der Waals surface area contributed by atoms with E-state index < -0.39 is 15.7 Å². The van der Waals surface area contributed by atoms with Crippen LogP contribution < -0.4 is 15.4 Å². The van der Waals surface area contributed by atoms with Crippen LogP contribution in [0.25, 0.3) is 0 Å². The zero-order valence-electron chi connectivity index (χ0n) is 16.1. The van der Waals surface area contributed by atoms with Gasteiger partial charge in [-0.2, -0.15) is 0 Å². The molecule has 2 aromatic rings. The highest BCUT2D eigenvalue weighted by Gasteiger charge is 2.23. The summed E-state index contributed by atoms with van der Waals surface area (Å²) in [4.78, 5) is 25.1. The lowest BCUT2D eigenvalue weighted by atomic mass is 10.2. The second-order valence-corrected chi connectivity index (χ2v) is 9.88. The normalized spacial score (nSPS) is 16.3. The lowest BCUT2D eigenvalue weighted by Crippen LogP contribution is -2.20. The third-order valence-electron chi connectivity index (χ3n) is 4.46. The van der Waals surface area contributed by atoms with Gasteiger partial charge in [-0.05, 0) is 30.3 Å². The zero-order chi connectivity index (χ0) is 21.0. The molecule has 0 saturated heterocycles. The van der Waals surface area contributed by atoms with E-state index in [9.17, 15) is 18.0 Å². The molecule has 1 heterocycles. The number of sulfone groups is 1. The van der Waals surface area contributed by atoms with E-state index >= 15 is 0 Å². The first kappa shape index (κ1) is 21.2. The maximum atomic E-state index is 12.7. The number of ether oxygens (including phenoxy) is 1. The van der Waals surface area contributed by atoms with Crippen LogP contribution in [-0.4, -0.2) is 38.8 Å². The highest BCUT2D eigenvalue weighted by Crippen LogP contribution is 2.34. The van der Waals surface area contributed by atoms with Gasteiger partial charge in [0.15, 0.2) is 9.84 Å². The highest BCUT2D eigenvalue weighted by molar-refractivity contribution is 7.99. The van der Waals surface area contributed by atoms with Gasteiger partial charge < -0.3 is 15.4 Å². The molecule has 2 aromatic carbocycles. The molecule has 3 rings (SSSR count). The summed E-state index contributed by atoms with van der Waals surface area (Å²) >= 11 is 1.51. The number of carbonyl (C=O) groups is 2. The van der Waals surface area contributed by atoms with Gasteiger partial charge in [0.05, 0.1) is 23.4 Å². The number of anilines is 2. The molecular weight excluding hydrogens is 412 g/mol. The molecule has 0 unspecified atom stereocenters. The van der Waals surface area contributed by atoms with Gasteiger partial charge in [0.25, 0.3) is 0 Å². The molecular formula is C20H22N2O5S2. The van der Waals surface area contributed by atoms with Gasteiger partial charge in [0, 0.05) is 34.7 Å². The average Bonchev–Trinajstić information content (AvgIpc) is 2.84. The quantitative estimate of drug-likeness (QED) is 0.724. The van der Waals surface area contributed by atoms with Crippen molar-refractivity contribution in [3.8, 4) is 5.75 Å². The van der Waals surface area contributed by atoms with Crippen LogP contribution >= 0.6 is 11.8 Å². The van der Waals surface area contributed by atoms with Crippen molar-refractivity contribution in [3.63, 3.8) is 0 Å². The van der Waals surface area contributed by atoms with Crippen molar-refractivity contribution < 1.29 is 22.7 Å². The zero-order valence-corrected chi connectivity index (χ0v) is 17.7. The molecule has 1 aliphatic rings. The molecule has 9 heteroatoms. The minimum atomic E-state index is -3.68. The summed E-state index contributed by atoms with van der Waals surface area (Å²) < 4.78 is 30.5. The minimum absolute atomic E-state index is 0.0842. The first-order chi connectivity index (χ1) is 13.8. The molecule has 0 aliphatic carbocycles. The van der Waals surface area contributed by atoms with E-state index in [1.54, 1.807) is 30.3 Å². The van der Waals surface area contributed by atoms with Crippen LogP contribution in [0.1, 0.15) is 13.3 Å². The molecule has 1 atom stereocenters. The Morgan fingerprint density at radius 1 is 1.28 bits per heavy atom. The number of fused-ring (bicyclic) bond motifs is 1. The van der Waals surface area contributed by atoms with E-state index in [4.69, 9.17) is 4.74 Å². The number of hydrogen-bond acceptors (Lipinski definition) is 6. The standard InChI is InChI=1S/C20H22N2O5S2/c1-13-12-28-18-7-6-16(11-17(18)22-20(13)24)29(25,26)9-8-19(23)21-14-4-3-5-15(10-14)27-2/h3-7,10-11,13H,8-9,12H2,1-2H3,(H,21,23)(H,22,24)/t13-/m1/s1. The molecule has 0 saturated carbocycles. The summed E-state index contributed by atoms with van der Waals surface area (Å²) in [5.74, 6) is 0.189. The SMILES string of the molecule is COc1cccc(NC(=O)CCS(=O)(=O)c2ccc3c(c2)NC(=O)[C@H](C)CS3)c1. The topological polar surface area (TPSA) is 102 Å². The molecule has 29 heavy (non-hydrogen) atoms. The van der Waals surface area contributed by atoms with Crippen LogP contribution in [0.15, 0.2) is 52.3 Å². The smallest absolute Gasteiger partial charge is 0.228 e. The first-order valence-electron chi connectivity index (χ1n) is 9.03. The summed E-state index contributed by atoms with van der Waals surface area (Å²) in [6.07, 6.45) is -0.186. The molecule has 0 spiro atoms. The largest absolute Gasteiger partial charge is 0.497 e. The molecule has 0 fully saturated rings. The van der Waals surface area contributed by atoms with Gasteiger partial charge in [0.2, 0.25) is 11.8 Å². The Kier molecular flexibility index (Phi) is 6.49. The summed E-state index contributed by atoms with van der Waals surface area (Å²) in [5, 5.41) is 5.44. The Hall–Kier alpha value is -2.52. The molecule has 1 aliphatic heterocycles. The Balaban J connectivity index is 1.67. The Bertz CT molecular complexity index is 1040. The van der Waals surface area contributed by atoms with Crippen LogP contribution in [0.2, 0.25) is 0 Å². The van der Waals surface area contributed by atoms with Crippen LogP contribution in [0.4, 0.5) is 11.4 Å². The van der Waals surface area contributed by atoms with Crippen LogP contribution in [0.5, 0.6) is 5.75 Å². The lowest BCUT2D eigenvalue weighted by Gasteiger charge is -2.11. The summed E-state index contributed by atoms with van der Waals surface area (Å²) in [5.41, 5.74) is 1.02. The molecule has 2 N–H and O–H groups in total. The fourth-order valence-electron chi connectivity index (χ4n) is 2.74. The van der Waals surface area contributed by atoms with Crippen molar-refractivity contribution in [1.82, 2.24) is 0 Å². The molecule has 0 radical (unpaired) electrons. The Morgan fingerprint density at radius 2 is 2.07 bits per heavy atom. The van der Waals surface area contributed by atoms with Gasteiger partial charge in [-0.15, -0.1) is 11.8 Å². The number of amides is 2. The van der Waals surface area contributed by atoms with Gasteiger partial charge in [0.1, 0.15) is 5.75 Å². The average molecular weight is 435 g/mol. The van der Waals surface area contributed by atoms with Gasteiger partial charge >= 0.3 is 0 Å². The molecule has 0 aromatic heterocycles. The maximum Gasteiger partial charge on any atom is 0.228 e. The van der Waals surface area contributed by atoms with Crippen LogP contribution in [0.3, 0.4) is 0 Å². The van der Waals surface area contributed by atoms with Gasteiger partial charge in [-0.25, -0.2) is 8.42 Å². The molecule has 2 amide bonds. The van der Waals surface area contributed by atoms with Crippen molar-refractivity contribution in [2.24, 2.45) is 5.92 Å². The van der Waals surface area contributed by atoms with Crippen molar-refractivity contribution in [1.29, 1.82) is 0 Å². The Morgan fingerprint density at radius 3 is 2.83 bits per heavy atom. The lowest BCUT2D eigenvalue weighted by molar-refractivity contribution is -0.118. The van der Waals surface area contributed by atoms with Crippen molar-refractivity contribution in [2.75, 3.05) is 29.2 Å². The number of thioether (sulfide) groups is 1. The fourth-order valence-corrected chi connectivity index (χ4v) is 5.01. The van der Waals surface area contributed by atoms with Crippen molar-refractivity contribution in [2.45, 2.75) is 23.1 Å². The molecule has 0 bridgehead atoms. The number of benzene rings is 2. The van der Waals surface area contributed by atoms with E-state index in [0.717, 1.165) is 4.90 Å². The fraction of sp³-hybridized carbons (Fsp3) is 0.300. The number of carbonyl (C=O) groups excluding carboxylic acids is 2. The summed E-state index contributed by atoms with van der Waals surface area (Å²) in [7, 11) is -2.16. The third kappa shape index (κ3) is 5.30. The third-order valence-corrected chi connectivity index (χ3v) is 7.50. The number of nitrogens with one attached hydrogen (secondary N) is 2. The molecule has 7 nitrogen and oxygen atoms in total. The molecule has 154 valence electrons. The second-order valence-electron chi connectivity index (χ2n) is 6.71. The first-order valence-corrected chi connectivity index (χ1v) is 11.7. The van der Waals surface area contributed by atoms with Gasteiger partial charge in [-0.3, -0.25) is 9.59 Å². The maximum absolute atomic E-state index is 12.7.